The highest BCUT2D eigenvalue weighted by atomic mass is 19.1. The lowest BCUT2D eigenvalue weighted by Gasteiger charge is -2.29. The molecule has 1 aromatic rings. The summed E-state index contributed by atoms with van der Waals surface area (Å²) in [4.78, 5) is 11.9. The number of hydrogen-bond donors (Lipinski definition) is 1. The summed E-state index contributed by atoms with van der Waals surface area (Å²) < 4.78 is 13.0. The van der Waals surface area contributed by atoms with Gasteiger partial charge in [0.25, 0.3) is 5.91 Å². The van der Waals surface area contributed by atoms with Crippen molar-refractivity contribution in [2.45, 2.75) is 38.6 Å². The van der Waals surface area contributed by atoms with Gasteiger partial charge in [0.15, 0.2) is 0 Å². The SMILES string of the molecule is CC1CCCC[C@H]1NC(=O)c1cccc(F)c1. The van der Waals surface area contributed by atoms with Crippen LogP contribution >= 0.6 is 0 Å². The molecular weight excluding hydrogens is 217 g/mol. The van der Waals surface area contributed by atoms with Crippen molar-refractivity contribution in [2.75, 3.05) is 0 Å². The number of carbonyl (C=O) groups excluding carboxylic acids is 1. The molecule has 1 saturated carbocycles. The third kappa shape index (κ3) is 3.05. The van der Waals surface area contributed by atoms with Gasteiger partial charge in [-0.05, 0) is 37.0 Å². The predicted octanol–water partition coefficient (Wildman–Crippen LogP) is 3.13. The molecule has 0 spiro atoms. The van der Waals surface area contributed by atoms with Crippen LogP contribution in [0.15, 0.2) is 24.3 Å². The van der Waals surface area contributed by atoms with Crippen LogP contribution in [0.25, 0.3) is 0 Å². The van der Waals surface area contributed by atoms with Crippen molar-refractivity contribution in [3.63, 3.8) is 0 Å². The van der Waals surface area contributed by atoms with Crippen LogP contribution in [0.5, 0.6) is 0 Å². The van der Waals surface area contributed by atoms with Crippen LogP contribution < -0.4 is 5.32 Å². The van der Waals surface area contributed by atoms with Crippen molar-refractivity contribution in [2.24, 2.45) is 5.92 Å². The van der Waals surface area contributed by atoms with Crippen molar-refractivity contribution in [3.8, 4) is 0 Å². The Morgan fingerprint density at radius 2 is 2.12 bits per heavy atom. The summed E-state index contributed by atoms with van der Waals surface area (Å²) in [5, 5.41) is 3.01. The average Bonchev–Trinajstić information content (AvgIpc) is 2.32. The summed E-state index contributed by atoms with van der Waals surface area (Å²) in [6.07, 6.45) is 4.60. The van der Waals surface area contributed by atoms with Crippen LogP contribution in [0.3, 0.4) is 0 Å². The molecule has 0 saturated heterocycles. The highest BCUT2D eigenvalue weighted by Gasteiger charge is 2.23. The van der Waals surface area contributed by atoms with Gasteiger partial charge in [-0.25, -0.2) is 4.39 Å². The molecule has 0 heterocycles. The van der Waals surface area contributed by atoms with Gasteiger partial charge in [-0.2, -0.15) is 0 Å². The molecule has 0 bridgehead atoms. The second kappa shape index (κ2) is 5.30. The van der Waals surface area contributed by atoms with Gasteiger partial charge >= 0.3 is 0 Å². The zero-order chi connectivity index (χ0) is 12.3. The van der Waals surface area contributed by atoms with Gasteiger partial charge < -0.3 is 5.32 Å². The van der Waals surface area contributed by atoms with E-state index in [1.807, 2.05) is 0 Å². The van der Waals surface area contributed by atoms with E-state index in [4.69, 9.17) is 0 Å². The Hall–Kier alpha value is -1.38. The molecule has 1 amide bonds. The van der Waals surface area contributed by atoms with E-state index in [1.54, 1.807) is 12.1 Å². The molecule has 0 aromatic heterocycles. The quantitative estimate of drug-likeness (QED) is 0.838. The number of hydrogen-bond acceptors (Lipinski definition) is 1. The molecule has 1 aliphatic rings. The van der Waals surface area contributed by atoms with E-state index < -0.39 is 0 Å². The maximum Gasteiger partial charge on any atom is 0.251 e. The van der Waals surface area contributed by atoms with E-state index in [0.717, 1.165) is 12.8 Å². The molecule has 0 aliphatic heterocycles. The predicted molar refractivity (Wildman–Crippen MR) is 65.3 cm³/mol. The smallest absolute Gasteiger partial charge is 0.251 e. The highest BCUT2D eigenvalue weighted by Crippen LogP contribution is 2.24. The molecule has 1 N–H and O–H groups in total. The molecule has 92 valence electrons. The van der Waals surface area contributed by atoms with E-state index in [2.05, 4.69) is 12.2 Å². The van der Waals surface area contributed by atoms with Crippen molar-refractivity contribution in [3.05, 3.63) is 35.6 Å². The maximum absolute atomic E-state index is 13.0. The van der Waals surface area contributed by atoms with Gasteiger partial charge in [0, 0.05) is 11.6 Å². The minimum Gasteiger partial charge on any atom is -0.349 e. The molecule has 1 fully saturated rings. The van der Waals surface area contributed by atoms with E-state index in [1.165, 1.54) is 25.0 Å². The summed E-state index contributed by atoms with van der Waals surface area (Å²) in [6.45, 7) is 2.16. The van der Waals surface area contributed by atoms with Crippen LogP contribution in [-0.2, 0) is 0 Å². The third-order valence-electron chi connectivity index (χ3n) is 3.51. The van der Waals surface area contributed by atoms with Crippen LogP contribution in [0, 0.1) is 11.7 Å². The number of benzene rings is 1. The Balaban J connectivity index is 2.01. The van der Waals surface area contributed by atoms with E-state index in [9.17, 15) is 9.18 Å². The second-order valence-corrected chi connectivity index (χ2v) is 4.85. The summed E-state index contributed by atoms with van der Waals surface area (Å²) in [7, 11) is 0. The summed E-state index contributed by atoms with van der Waals surface area (Å²) in [5.74, 6) is -0.0150. The Morgan fingerprint density at radius 3 is 2.82 bits per heavy atom. The lowest BCUT2D eigenvalue weighted by molar-refractivity contribution is 0.0910. The number of amides is 1. The van der Waals surface area contributed by atoms with Crippen LogP contribution in [-0.4, -0.2) is 11.9 Å². The molecular formula is C14H18FNO. The fourth-order valence-electron chi connectivity index (χ4n) is 2.41. The summed E-state index contributed by atoms with van der Waals surface area (Å²) in [5.41, 5.74) is 0.405. The lowest BCUT2D eigenvalue weighted by Crippen LogP contribution is -2.41. The average molecular weight is 235 g/mol. The van der Waals surface area contributed by atoms with E-state index in [-0.39, 0.29) is 17.8 Å². The molecule has 1 unspecified atom stereocenters. The number of rotatable bonds is 2. The Bertz CT molecular complexity index is 405. The monoisotopic (exact) mass is 235 g/mol. The first kappa shape index (κ1) is 12.1. The highest BCUT2D eigenvalue weighted by molar-refractivity contribution is 5.94. The number of carbonyl (C=O) groups is 1. The zero-order valence-electron chi connectivity index (χ0n) is 10.1. The van der Waals surface area contributed by atoms with Gasteiger partial charge in [0.05, 0.1) is 0 Å². The zero-order valence-corrected chi connectivity index (χ0v) is 10.1. The van der Waals surface area contributed by atoms with Crippen LogP contribution in [0.1, 0.15) is 43.0 Å². The van der Waals surface area contributed by atoms with E-state index in [0.29, 0.717) is 11.5 Å². The van der Waals surface area contributed by atoms with Crippen molar-refractivity contribution >= 4 is 5.91 Å². The number of halogens is 1. The van der Waals surface area contributed by atoms with Gasteiger partial charge in [-0.1, -0.05) is 25.8 Å². The van der Waals surface area contributed by atoms with Crippen LogP contribution in [0.2, 0.25) is 0 Å². The molecule has 1 aliphatic carbocycles. The maximum atomic E-state index is 13.0. The van der Waals surface area contributed by atoms with Crippen molar-refractivity contribution in [1.82, 2.24) is 5.32 Å². The first-order valence-corrected chi connectivity index (χ1v) is 6.23. The van der Waals surface area contributed by atoms with Crippen molar-refractivity contribution in [1.29, 1.82) is 0 Å². The van der Waals surface area contributed by atoms with Gasteiger partial charge in [-0.15, -0.1) is 0 Å². The Labute approximate surface area is 101 Å². The largest absolute Gasteiger partial charge is 0.349 e. The Kier molecular flexibility index (Phi) is 3.77. The first-order chi connectivity index (χ1) is 8.16. The van der Waals surface area contributed by atoms with Gasteiger partial charge in [0.2, 0.25) is 0 Å². The normalized spacial score (nSPS) is 24.4. The second-order valence-electron chi connectivity index (χ2n) is 4.85. The fraction of sp³-hybridized carbons (Fsp3) is 0.500. The molecule has 1 aromatic carbocycles. The molecule has 0 radical (unpaired) electrons. The number of nitrogens with one attached hydrogen (secondary N) is 1. The summed E-state index contributed by atoms with van der Waals surface area (Å²) >= 11 is 0. The van der Waals surface area contributed by atoms with Crippen LogP contribution in [0.4, 0.5) is 4.39 Å². The fourth-order valence-corrected chi connectivity index (χ4v) is 2.41. The standard InChI is InChI=1S/C14H18FNO/c1-10-5-2-3-8-13(10)16-14(17)11-6-4-7-12(15)9-11/h4,6-7,9-10,13H,2-3,5,8H2,1H3,(H,16,17)/t10?,13-/m1/s1. The molecule has 3 heteroatoms. The lowest BCUT2D eigenvalue weighted by atomic mass is 9.86. The van der Waals surface area contributed by atoms with E-state index >= 15 is 0 Å². The summed E-state index contributed by atoms with van der Waals surface area (Å²) in [6, 6.07) is 6.07. The van der Waals surface area contributed by atoms with Crippen molar-refractivity contribution < 1.29 is 9.18 Å². The minimum absolute atomic E-state index is 0.164. The van der Waals surface area contributed by atoms with Gasteiger partial charge in [-0.3, -0.25) is 4.79 Å². The molecule has 17 heavy (non-hydrogen) atoms. The third-order valence-corrected chi connectivity index (χ3v) is 3.51. The molecule has 2 rings (SSSR count). The molecule has 2 atom stereocenters. The molecule has 2 nitrogen and oxygen atoms in total. The topological polar surface area (TPSA) is 29.1 Å². The van der Waals surface area contributed by atoms with Gasteiger partial charge in [0.1, 0.15) is 5.82 Å². The minimum atomic E-state index is -0.366. The first-order valence-electron chi connectivity index (χ1n) is 6.23. The Morgan fingerprint density at radius 1 is 1.35 bits per heavy atom.